The van der Waals surface area contributed by atoms with Gasteiger partial charge in [-0.15, -0.1) is 0 Å². The van der Waals surface area contributed by atoms with Crippen molar-refractivity contribution in [2.75, 3.05) is 24.6 Å². The molecule has 23 heavy (non-hydrogen) atoms. The van der Waals surface area contributed by atoms with Gasteiger partial charge >= 0.3 is 0 Å². The predicted octanol–water partition coefficient (Wildman–Crippen LogP) is 3.87. The Labute approximate surface area is 134 Å². The second-order valence-corrected chi connectivity index (χ2v) is 5.40. The van der Waals surface area contributed by atoms with Crippen LogP contribution >= 0.6 is 11.6 Å². The Kier molecular flexibility index (Phi) is 4.41. The van der Waals surface area contributed by atoms with E-state index in [0.717, 1.165) is 0 Å². The zero-order valence-electron chi connectivity index (χ0n) is 11.7. The van der Waals surface area contributed by atoms with Gasteiger partial charge in [0.25, 0.3) is 11.9 Å². The topological polar surface area (TPSA) is 25.4 Å². The minimum absolute atomic E-state index is 0.000463. The summed E-state index contributed by atoms with van der Waals surface area (Å²) in [4.78, 5) is 3.75. The largest absolute Gasteiger partial charge is 0.370 e. The zero-order chi connectivity index (χ0) is 16.6. The lowest BCUT2D eigenvalue weighted by Gasteiger charge is -2.35. The molecule has 1 aromatic heterocycles. The lowest BCUT2D eigenvalue weighted by Crippen LogP contribution is -2.40. The molecule has 0 spiro atoms. The molecule has 122 valence electrons. The van der Waals surface area contributed by atoms with Crippen LogP contribution in [-0.4, -0.2) is 24.7 Å². The summed E-state index contributed by atoms with van der Waals surface area (Å²) >= 11 is 6.09. The van der Waals surface area contributed by atoms with Gasteiger partial charge in [-0.25, -0.2) is 0 Å². The molecule has 1 aromatic carbocycles. The van der Waals surface area contributed by atoms with Crippen molar-refractivity contribution in [3.63, 3.8) is 0 Å². The molecule has 1 atom stereocenters. The van der Waals surface area contributed by atoms with Crippen LogP contribution < -0.4 is 4.90 Å². The number of pyridine rings is 1. The lowest BCUT2D eigenvalue weighted by atomic mass is 10.1. The lowest BCUT2D eigenvalue weighted by molar-refractivity contribution is 0.0392. The van der Waals surface area contributed by atoms with Crippen LogP contribution in [0.1, 0.15) is 11.7 Å². The van der Waals surface area contributed by atoms with Crippen molar-refractivity contribution < 1.29 is 22.3 Å². The maximum absolute atomic E-state index is 13.9. The molecule has 0 bridgehead atoms. The van der Waals surface area contributed by atoms with Gasteiger partial charge in [0.1, 0.15) is 11.8 Å². The van der Waals surface area contributed by atoms with Crippen molar-refractivity contribution in [2.45, 2.75) is 6.10 Å². The van der Waals surface area contributed by atoms with Crippen LogP contribution in [0.15, 0.2) is 24.3 Å². The highest BCUT2D eigenvalue weighted by Gasteiger charge is 2.30. The van der Waals surface area contributed by atoms with Crippen molar-refractivity contribution in [1.29, 1.82) is 0 Å². The van der Waals surface area contributed by atoms with E-state index in [1.54, 1.807) is 24.3 Å². The molecule has 2 heterocycles. The molecule has 8 heteroatoms. The van der Waals surface area contributed by atoms with Crippen LogP contribution in [0.5, 0.6) is 0 Å². The number of ether oxygens (including phenoxy) is 1. The Morgan fingerprint density at radius 1 is 1.09 bits per heavy atom. The van der Waals surface area contributed by atoms with E-state index < -0.39 is 35.3 Å². The first kappa shape index (κ1) is 16.0. The van der Waals surface area contributed by atoms with Gasteiger partial charge in [0.15, 0.2) is 0 Å². The van der Waals surface area contributed by atoms with Crippen molar-refractivity contribution in [3.8, 4) is 0 Å². The summed E-state index contributed by atoms with van der Waals surface area (Å²) in [6, 6.07) is 6.86. The maximum atomic E-state index is 13.9. The first-order valence-electron chi connectivity index (χ1n) is 6.80. The molecule has 1 fully saturated rings. The minimum atomic E-state index is -1.68. The summed E-state index contributed by atoms with van der Waals surface area (Å²) in [6.07, 6.45) is -0.574. The molecule has 0 aliphatic carbocycles. The number of morpholine rings is 1. The molecule has 2 aromatic rings. The summed E-state index contributed by atoms with van der Waals surface area (Å²) in [7, 11) is 0. The highest BCUT2D eigenvalue weighted by atomic mass is 35.5. The number of anilines is 1. The van der Waals surface area contributed by atoms with Gasteiger partial charge in [0.05, 0.1) is 6.61 Å². The number of hydrogen-bond donors (Lipinski definition) is 0. The van der Waals surface area contributed by atoms with E-state index in [1.165, 1.54) is 4.90 Å². The molecule has 1 aliphatic heterocycles. The van der Waals surface area contributed by atoms with Crippen LogP contribution in [-0.2, 0) is 4.74 Å². The Hall–Kier alpha value is -1.86. The Morgan fingerprint density at radius 3 is 2.39 bits per heavy atom. The zero-order valence-corrected chi connectivity index (χ0v) is 12.5. The number of benzene rings is 1. The van der Waals surface area contributed by atoms with Crippen LogP contribution in [0.2, 0.25) is 5.02 Å². The van der Waals surface area contributed by atoms with Crippen molar-refractivity contribution in [1.82, 2.24) is 4.98 Å². The highest BCUT2D eigenvalue weighted by molar-refractivity contribution is 6.31. The maximum Gasteiger partial charge on any atom is 0.253 e. The second-order valence-electron chi connectivity index (χ2n) is 5.00. The number of hydrogen-bond acceptors (Lipinski definition) is 3. The molecule has 3 nitrogen and oxygen atoms in total. The molecule has 0 saturated carbocycles. The van der Waals surface area contributed by atoms with Crippen molar-refractivity contribution in [3.05, 3.63) is 58.4 Å². The quantitative estimate of drug-likeness (QED) is 0.610. The average molecular weight is 347 g/mol. The van der Waals surface area contributed by atoms with E-state index in [0.29, 0.717) is 10.6 Å². The molecule has 1 aliphatic rings. The Bertz CT molecular complexity index is 717. The number of rotatable bonds is 2. The summed E-state index contributed by atoms with van der Waals surface area (Å²) in [6.45, 7) is 0.207. The first-order chi connectivity index (χ1) is 11.0. The second kappa shape index (κ2) is 6.33. The van der Waals surface area contributed by atoms with Gasteiger partial charge < -0.3 is 9.64 Å². The minimum Gasteiger partial charge on any atom is -0.370 e. The van der Waals surface area contributed by atoms with Crippen LogP contribution in [0, 0.1) is 23.5 Å². The third kappa shape index (κ3) is 2.98. The van der Waals surface area contributed by atoms with Gasteiger partial charge in [-0.1, -0.05) is 29.8 Å². The Balaban J connectivity index is 1.95. The van der Waals surface area contributed by atoms with E-state index in [4.69, 9.17) is 16.3 Å². The monoisotopic (exact) mass is 346 g/mol. The SMILES string of the molecule is Fc1nc(F)c(F)c(N2CCOC(c3ccccc3Cl)C2)c1F. The first-order valence-corrected chi connectivity index (χ1v) is 7.17. The van der Waals surface area contributed by atoms with Crippen molar-refractivity contribution in [2.24, 2.45) is 0 Å². The van der Waals surface area contributed by atoms with Gasteiger partial charge in [0, 0.05) is 23.7 Å². The molecule has 0 N–H and O–H groups in total. The van der Waals surface area contributed by atoms with E-state index in [2.05, 4.69) is 4.98 Å². The third-order valence-electron chi connectivity index (χ3n) is 3.61. The summed E-state index contributed by atoms with van der Waals surface area (Å²) < 4.78 is 59.9. The standard InChI is InChI=1S/C15H11ClF4N2O/c16-9-4-2-1-3-8(9)10-7-22(5-6-23-10)13-11(17)14(19)21-15(20)12(13)18/h1-4,10H,5-7H2. The molecular weight excluding hydrogens is 336 g/mol. The van der Waals surface area contributed by atoms with Crippen molar-refractivity contribution >= 4 is 17.3 Å². The number of aromatic nitrogens is 1. The van der Waals surface area contributed by atoms with E-state index >= 15 is 0 Å². The fraction of sp³-hybridized carbons (Fsp3) is 0.267. The summed E-state index contributed by atoms with van der Waals surface area (Å²) in [5.41, 5.74) is -0.148. The van der Waals surface area contributed by atoms with Crippen LogP contribution in [0.3, 0.4) is 0 Å². The number of halogens is 5. The van der Waals surface area contributed by atoms with Crippen LogP contribution in [0.4, 0.5) is 23.2 Å². The van der Waals surface area contributed by atoms with Gasteiger partial charge in [-0.2, -0.15) is 22.5 Å². The highest BCUT2D eigenvalue weighted by Crippen LogP contribution is 2.33. The predicted molar refractivity (Wildman–Crippen MR) is 76.4 cm³/mol. The fourth-order valence-corrected chi connectivity index (χ4v) is 2.79. The van der Waals surface area contributed by atoms with Gasteiger partial charge in [0.2, 0.25) is 11.6 Å². The molecule has 0 radical (unpaired) electrons. The van der Waals surface area contributed by atoms with Gasteiger partial charge in [-0.3, -0.25) is 0 Å². The molecule has 1 saturated heterocycles. The van der Waals surface area contributed by atoms with E-state index in [1.807, 2.05) is 0 Å². The molecule has 1 unspecified atom stereocenters. The van der Waals surface area contributed by atoms with Gasteiger partial charge in [-0.05, 0) is 6.07 Å². The summed E-state index contributed by atoms with van der Waals surface area (Å²) in [5.74, 6) is -6.41. The van der Waals surface area contributed by atoms with E-state index in [9.17, 15) is 17.6 Å². The van der Waals surface area contributed by atoms with E-state index in [-0.39, 0.29) is 19.7 Å². The average Bonchev–Trinajstić information content (AvgIpc) is 2.54. The smallest absolute Gasteiger partial charge is 0.253 e. The molecular formula is C15H11ClF4N2O. The molecule has 3 rings (SSSR count). The molecule has 0 amide bonds. The fourth-order valence-electron chi connectivity index (χ4n) is 2.53. The number of nitrogens with zero attached hydrogens (tertiary/aromatic N) is 2. The third-order valence-corrected chi connectivity index (χ3v) is 3.95. The summed E-state index contributed by atoms with van der Waals surface area (Å²) in [5, 5.41) is 0.437. The Morgan fingerprint density at radius 2 is 1.74 bits per heavy atom. The normalized spacial score (nSPS) is 18.3. The van der Waals surface area contributed by atoms with Crippen LogP contribution in [0.25, 0.3) is 0 Å².